The molecule has 1 saturated heterocycles. The van der Waals surface area contributed by atoms with Crippen molar-refractivity contribution in [2.45, 2.75) is 49.8 Å². The summed E-state index contributed by atoms with van der Waals surface area (Å²) in [5, 5.41) is 0.378. The summed E-state index contributed by atoms with van der Waals surface area (Å²) in [6.07, 6.45) is 7.15. The fourth-order valence-electron chi connectivity index (χ4n) is 4.14. The Morgan fingerprint density at radius 3 is 2.38 bits per heavy atom. The Morgan fingerprint density at radius 1 is 0.897 bits per heavy atom. The van der Waals surface area contributed by atoms with Gasteiger partial charge < -0.3 is 4.90 Å². The van der Waals surface area contributed by atoms with Crippen LogP contribution in [0.4, 0.5) is 5.69 Å². The van der Waals surface area contributed by atoms with Crippen LogP contribution < -0.4 is 4.72 Å². The molecule has 1 aliphatic carbocycles. The number of rotatable bonds is 4. The molecule has 4 rings (SSSR count). The second kappa shape index (κ2) is 8.36. The number of halogens is 1. The molecule has 0 aromatic heterocycles. The topological polar surface area (TPSA) is 66.5 Å². The highest BCUT2D eigenvalue weighted by Gasteiger charge is 2.24. The molecule has 1 N–H and O–H groups in total. The number of hydrogen-bond acceptors (Lipinski definition) is 3. The fraction of sp³-hybridized carbons (Fsp3) is 0.409. The quantitative estimate of drug-likeness (QED) is 0.764. The fourth-order valence-corrected chi connectivity index (χ4v) is 5.43. The molecule has 1 heterocycles. The molecule has 2 aromatic rings. The van der Waals surface area contributed by atoms with Crippen molar-refractivity contribution in [1.82, 2.24) is 4.90 Å². The number of piperidine rings is 1. The third kappa shape index (κ3) is 4.43. The number of benzene rings is 2. The number of sulfonamides is 1. The lowest BCUT2D eigenvalue weighted by Crippen LogP contribution is -2.36. The zero-order valence-corrected chi connectivity index (χ0v) is 17.9. The van der Waals surface area contributed by atoms with Crippen LogP contribution in [0.5, 0.6) is 0 Å². The molecule has 0 spiro atoms. The van der Waals surface area contributed by atoms with Crippen LogP contribution in [0.15, 0.2) is 41.3 Å². The number of carbonyl (C=O) groups is 1. The van der Waals surface area contributed by atoms with Gasteiger partial charge in [-0.3, -0.25) is 9.52 Å². The smallest absolute Gasteiger partial charge is 0.261 e. The Balaban J connectivity index is 1.64. The summed E-state index contributed by atoms with van der Waals surface area (Å²) in [5.74, 6) is -0.162. The highest BCUT2D eigenvalue weighted by Crippen LogP contribution is 2.28. The average Bonchev–Trinajstić information content (AvgIpc) is 2.73. The predicted octanol–water partition coefficient (Wildman–Crippen LogP) is 4.65. The van der Waals surface area contributed by atoms with E-state index in [1.165, 1.54) is 11.6 Å². The van der Waals surface area contributed by atoms with Gasteiger partial charge in [-0.1, -0.05) is 17.7 Å². The number of nitrogens with zero attached hydrogens (tertiary/aromatic N) is 1. The molecule has 1 aliphatic heterocycles. The maximum absolute atomic E-state index is 13.1. The summed E-state index contributed by atoms with van der Waals surface area (Å²) in [6.45, 7) is 1.39. The van der Waals surface area contributed by atoms with Crippen LogP contribution >= 0.6 is 11.6 Å². The first kappa shape index (κ1) is 20.2. The number of carbonyl (C=O) groups excluding carboxylic acids is 1. The minimum Gasteiger partial charge on any atom is -0.339 e. The van der Waals surface area contributed by atoms with E-state index in [0.29, 0.717) is 23.7 Å². The van der Waals surface area contributed by atoms with Gasteiger partial charge in [0.25, 0.3) is 15.9 Å². The van der Waals surface area contributed by atoms with E-state index < -0.39 is 10.0 Å². The maximum atomic E-state index is 13.1. The van der Waals surface area contributed by atoms with Crippen LogP contribution in [0.1, 0.15) is 53.6 Å². The van der Waals surface area contributed by atoms with E-state index in [-0.39, 0.29) is 16.5 Å². The van der Waals surface area contributed by atoms with Crippen molar-refractivity contribution in [3.63, 3.8) is 0 Å². The van der Waals surface area contributed by atoms with E-state index >= 15 is 0 Å². The van der Waals surface area contributed by atoms with Crippen LogP contribution in [0, 0.1) is 0 Å². The van der Waals surface area contributed by atoms with Crippen molar-refractivity contribution < 1.29 is 13.2 Å². The SMILES string of the molecule is O=C(c1ccc(Cl)cc1NS(=O)(=O)c1ccc2c(c1)CCCC2)N1CCCCC1. The van der Waals surface area contributed by atoms with Crippen molar-refractivity contribution in [3.8, 4) is 0 Å². The monoisotopic (exact) mass is 432 g/mol. The summed E-state index contributed by atoms with van der Waals surface area (Å²) < 4.78 is 28.8. The number of aryl methyl sites for hydroxylation is 2. The van der Waals surface area contributed by atoms with Crippen LogP contribution in [0.3, 0.4) is 0 Å². The number of likely N-dealkylation sites (tertiary alicyclic amines) is 1. The molecular weight excluding hydrogens is 408 g/mol. The molecule has 0 saturated carbocycles. The molecule has 1 fully saturated rings. The molecule has 0 bridgehead atoms. The second-order valence-corrected chi connectivity index (χ2v) is 9.90. The number of amides is 1. The molecule has 0 atom stereocenters. The van der Waals surface area contributed by atoms with Gasteiger partial charge in [0.05, 0.1) is 16.1 Å². The van der Waals surface area contributed by atoms with Gasteiger partial charge in [-0.2, -0.15) is 0 Å². The van der Waals surface area contributed by atoms with Gasteiger partial charge >= 0.3 is 0 Å². The molecule has 0 unspecified atom stereocenters. The first-order valence-corrected chi connectivity index (χ1v) is 12.0. The first-order chi connectivity index (χ1) is 13.9. The summed E-state index contributed by atoms with van der Waals surface area (Å²) in [5.41, 5.74) is 2.87. The summed E-state index contributed by atoms with van der Waals surface area (Å²) in [6, 6.07) is 10.0. The van der Waals surface area contributed by atoms with Crippen LogP contribution in [-0.2, 0) is 22.9 Å². The lowest BCUT2D eigenvalue weighted by Gasteiger charge is -2.27. The number of hydrogen-bond donors (Lipinski definition) is 1. The predicted molar refractivity (Wildman–Crippen MR) is 115 cm³/mol. The molecule has 1 amide bonds. The van der Waals surface area contributed by atoms with Crippen LogP contribution in [-0.4, -0.2) is 32.3 Å². The van der Waals surface area contributed by atoms with Gasteiger partial charge in [0, 0.05) is 18.1 Å². The van der Waals surface area contributed by atoms with Gasteiger partial charge in [0.15, 0.2) is 0 Å². The van der Waals surface area contributed by atoms with E-state index in [1.807, 2.05) is 6.07 Å². The Morgan fingerprint density at radius 2 is 1.62 bits per heavy atom. The molecular formula is C22H25ClN2O3S. The van der Waals surface area contributed by atoms with Crippen molar-refractivity contribution in [2.75, 3.05) is 17.8 Å². The average molecular weight is 433 g/mol. The largest absolute Gasteiger partial charge is 0.339 e. The standard InChI is InChI=1S/C22H25ClN2O3S/c23-18-9-11-20(22(26)25-12-4-1-5-13-25)21(15-18)24-29(27,28)19-10-8-16-6-2-3-7-17(16)14-19/h8-11,14-15,24H,1-7,12-13H2. The molecule has 2 aliphatic rings. The first-order valence-electron chi connectivity index (χ1n) is 10.2. The minimum atomic E-state index is -3.83. The van der Waals surface area contributed by atoms with Crippen LogP contribution in [0.25, 0.3) is 0 Å². The Kier molecular flexibility index (Phi) is 5.83. The van der Waals surface area contributed by atoms with E-state index in [1.54, 1.807) is 29.2 Å². The van der Waals surface area contributed by atoms with Gasteiger partial charge in [-0.05, 0) is 86.4 Å². The third-order valence-electron chi connectivity index (χ3n) is 5.73. The van der Waals surface area contributed by atoms with Gasteiger partial charge in [0.1, 0.15) is 0 Å². The van der Waals surface area contributed by atoms with Gasteiger partial charge in [0.2, 0.25) is 0 Å². The Labute approximate surface area is 177 Å². The highest BCUT2D eigenvalue weighted by atomic mass is 35.5. The summed E-state index contributed by atoms with van der Waals surface area (Å²) in [4.78, 5) is 15.0. The normalized spacial score (nSPS) is 16.9. The zero-order valence-electron chi connectivity index (χ0n) is 16.3. The van der Waals surface area contributed by atoms with E-state index in [2.05, 4.69) is 4.72 Å². The van der Waals surface area contributed by atoms with Crippen LogP contribution in [0.2, 0.25) is 5.02 Å². The minimum absolute atomic E-state index is 0.162. The van der Waals surface area contributed by atoms with E-state index in [0.717, 1.165) is 50.5 Å². The van der Waals surface area contributed by atoms with Gasteiger partial charge in [-0.25, -0.2) is 8.42 Å². The van der Waals surface area contributed by atoms with E-state index in [4.69, 9.17) is 11.6 Å². The lowest BCUT2D eigenvalue weighted by molar-refractivity contribution is 0.0725. The molecule has 7 heteroatoms. The molecule has 29 heavy (non-hydrogen) atoms. The van der Waals surface area contributed by atoms with Crippen molar-refractivity contribution in [2.24, 2.45) is 0 Å². The van der Waals surface area contributed by atoms with Crippen molar-refractivity contribution in [1.29, 1.82) is 0 Å². The number of fused-ring (bicyclic) bond motifs is 1. The van der Waals surface area contributed by atoms with Gasteiger partial charge in [-0.15, -0.1) is 0 Å². The second-order valence-electron chi connectivity index (χ2n) is 7.79. The third-order valence-corrected chi connectivity index (χ3v) is 7.33. The summed E-state index contributed by atoms with van der Waals surface area (Å²) >= 11 is 6.12. The Hall–Kier alpha value is -2.05. The number of nitrogens with one attached hydrogen (secondary N) is 1. The number of anilines is 1. The summed E-state index contributed by atoms with van der Waals surface area (Å²) in [7, 11) is -3.83. The zero-order chi connectivity index (χ0) is 20.4. The molecule has 0 radical (unpaired) electrons. The molecule has 2 aromatic carbocycles. The lowest BCUT2D eigenvalue weighted by atomic mass is 9.92. The van der Waals surface area contributed by atoms with Crippen molar-refractivity contribution >= 4 is 33.2 Å². The molecule has 154 valence electrons. The maximum Gasteiger partial charge on any atom is 0.261 e. The highest BCUT2D eigenvalue weighted by molar-refractivity contribution is 7.92. The Bertz CT molecular complexity index is 1030. The molecule has 5 nitrogen and oxygen atoms in total. The van der Waals surface area contributed by atoms with Crippen molar-refractivity contribution in [3.05, 3.63) is 58.1 Å². The van der Waals surface area contributed by atoms with E-state index in [9.17, 15) is 13.2 Å².